The summed E-state index contributed by atoms with van der Waals surface area (Å²) >= 11 is 0. The van der Waals surface area contributed by atoms with Gasteiger partial charge in [0.1, 0.15) is 11.9 Å². The van der Waals surface area contributed by atoms with Crippen molar-refractivity contribution < 1.29 is 4.74 Å². The molecule has 88 valence electrons. The molecule has 2 heterocycles. The number of rotatable bonds is 2. The molecule has 3 rings (SSSR count). The first-order valence-electron chi connectivity index (χ1n) is 6.06. The molecule has 0 radical (unpaired) electrons. The first kappa shape index (κ1) is 10.5. The van der Waals surface area contributed by atoms with Crippen molar-refractivity contribution in [1.82, 2.24) is 10.3 Å². The normalized spacial score (nSPS) is 19.7. The molecule has 1 aromatic heterocycles. The molecule has 1 N–H and O–H groups in total. The van der Waals surface area contributed by atoms with Gasteiger partial charge in [-0.2, -0.15) is 0 Å². The summed E-state index contributed by atoms with van der Waals surface area (Å²) in [7, 11) is 0. The maximum Gasteiger partial charge on any atom is 0.120 e. The zero-order chi connectivity index (χ0) is 11.7. The number of fused-ring (bicyclic) bond motifs is 1. The number of hydrogen-bond donors (Lipinski definition) is 1. The Morgan fingerprint density at radius 1 is 1.29 bits per heavy atom. The Hall–Kier alpha value is -1.61. The molecule has 2 aromatic rings. The van der Waals surface area contributed by atoms with Crippen LogP contribution < -0.4 is 10.1 Å². The molecule has 17 heavy (non-hydrogen) atoms. The van der Waals surface area contributed by atoms with E-state index in [1.807, 2.05) is 25.1 Å². The summed E-state index contributed by atoms with van der Waals surface area (Å²) in [5.41, 5.74) is 2.08. The zero-order valence-electron chi connectivity index (χ0n) is 9.94. The Balaban J connectivity index is 1.88. The van der Waals surface area contributed by atoms with Crippen molar-refractivity contribution in [2.45, 2.75) is 19.4 Å². The van der Waals surface area contributed by atoms with E-state index in [4.69, 9.17) is 4.74 Å². The van der Waals surface area contributed by atoms with E-state index >= 15 is 0 Å². The lowest BCUT2D eigenvalue weighted by atomic mass is 10.2. The van der Waals surface area contributed by atoms with Gasteiger partial charge in [-0.25, -0.2) is 0 Å². The third-order valence-electron chi connectivity index (χ3n) is 3.12. The molecule has 0 amide bonds. The van der Waals surface area contributed by atoms with E-state index < -0.39 is 0 Å². The summed E-state index contributed by atoms with van der Waals surface area (Å²) in [6.45, 7) is 4.01. The van der Waals surface area contributed by atoms with Crippen LogP contribution in [0.25, 0.3) is 10.9 Å². The highest BCUT2D eigenvalue weighted by Crippen LogP contribution is 2.21. The molecular weight excluding hydrogens is 212 g/mol. The number of pyridine rings is 1. The molecule has 1 aromatic carbocycles. The van der Waals surface area contributed by atoms with Gasteiger partial charge in [0.15, 0.2) is 0 Å². The van der Waals surface area contributed by atoms with E-state index in [-0.39, 0.29) is 0 Å². The van der Waals surface area contributed by atoms with Crippen molar-refractivity contribution in [2.75, 3.05) is 13.1 Å². The Morgan fingerprint density at radius 2 is 2.24 bits per heavy atom. The lowest BCUT2D eigenvalue weighted by Crippen LogP contribution is -2.19. The molecule has 0 spiro atoms. The molecule has 1 saturated heterocycles. The minimum Gasteiger partial charge on any atom is -0.489 e. The third kappa shape index (κ3) is 2.24. The second kappa shape index (κ2) is 4.34. The molecule has 1 atom stereocenters. The van der Waals surface area contributed by atoms with Crippen LogP contribution in [0.2, 0.25) is 0 Å². The standard InChI is InChI=1S/C14H16N2O/c1-10-2-3-11-8-12(4-5-14(11)16-10)17-13-6-7-15-9-13/h2-5,8,13,15H,6-7,9H2,1H3. The second-order valence-corrected chi connectivity index (χ2v) is 4.54. The summed E-state index contributed by atoms with van der Waals surface area (Å²) in [4.78, 5) is 4.48. The Morgan fingerprint density at radius 3 is 3.06 bits per heavy atom. The number of aromatic nitrogens is 1. The third-order valence-corrected chi connectivity index (χ3v) is 3.12. The van der Waals surface area contributed by atoms with E-state index in [1.54, 1.807) is 0 Å². The smallest absolute Gasteiger partial charge is 0.120 e. The summed E-state index contributed by atoms with van der Waals surface area (Å²) in [6.07, 6.45) is 1.40. The van der Waals surface area contributed by atoms with Crippen LogP contribution in [-0.2, 0) is 0 Å². The molecule has 0 aliphatic carbocycles. The van der Waals surface area contributed by atoms with Crippen LogP contribution in [-0.4, -0.2) is 24.2 Å². The summed E-state index contributed by atoms with van der Waals surface area (Å²) in [6, 6.07) is 10.2. The van der Waals surface area contributed by atoms with E-state index in [0.29, 0.717) is 6.10 Å². The van der Waals surface area contributed by atoms with Crippen molar-refractivity contribution >= 4 is 10.9 Å². The van der Waals surface area contributed by atoms with Crippen LogP contribution in [0, 0.1) is 6.92 Å². The summed E-state index contributed by atoms with van der Waals surface area (Å²) < 4.78 is 5.92. The first-order valence-corrected chi connectivity index (χ1v) is 6.06. The van der Waals surface area contributed by atoms with E-state index in [0.717, 1.165) is 41.9 Å². The van der Waals surface area contributed by atoms with Gasteiger partial charge in [0, 0.05) is 17.6 Å². The Labute approximate surface area is 101 Å². The van der Waals surface area contributed by atoms with Crippen molar-refractivity contribution in [1.29, 1.82) is 0 Å². The van der Waals surface area contributed by atoms with Crippen LogP contribution in [0.15, 0.2) is 30.3 Å². The number of ether oxygens (including phenoxy) is 1. The van der Waals surface area contributed by atoms with Gasteiger partial charge in [-0.15, -0.1) is 0 Å². The second-order valence-electron chi connectivity index (χ2n) is 4.54. The zero-order valence-corrected chi connectivity index (χ0v) is 9.94. The Bertz CT molecular complexity index is 533. The van der Waals surface area contributed by atoms with E-state index in [1.165, 1.54) is 0 Å². The van der Waals surface area contributed by atoms with E-state index in [2.05, 4.69) is 22.4 Å². The highest BCUT2D eigenvalue weighted by atomic mass is 16.5. The van der Waals surface area contributed by atoms with Gasteiger partial charge >= 0.3 is 0 Å². The molecule has 3 nitrogen and oxygen atoms in total. The average molecular weight is 228 g/mol. The fourth-order valence-corrected chi connectivity index (χ4v) is 2.20. The maximum absolute atomic E-state index is 5.92. The van der Waals surface area contributed by atoms with Crippen molar-refractivity contribution in [3.05, 3.63) is 36.0 Å². The lowest BCUT2D eigenvalue weighted by Gasteiger charge is -2.12. The van der Waals surface area contributed by atoms with Gasteiger partial charge < -0.3 is 10.1 Å². The van der Waals surface area contributed by atoms with Crippen LogP contribution in [0.3, 0.4) is 0 Å². The predicted octanol–water partition coefficient (Wildman–Crippen LogP) is 2.28. The molecule has 0 saturated carbocycles. The fraction of sp³-hybridized carbons (Fsp3) is 0.357. The summed E-state index contributed by atoms with van der Waals surface area (Å²) in [5.74, 6) is 0.942. The van der Waals surface area contributed by atoms with Gasteiger partial charge in [-0.1, -0.05) is 6.07 Å². The highest BCUT2D eigenvalue weighted by molar-refractivity contribution is 5.80. The molecule has 1 fully saturated rings. The van der Waals surface area contributed by atoms with Crippen LogP contribution >= 0.6 is 0 Å². The topological polar surface area (TPSA) is 34.1 Å². The van der Waals surface area contributed by atoms with Crippen molar-refractivity contribution in [3.63, 3.8) is 0 Å². The Kier molecular flexibility index (Phi) is 2.69. The maximum atomic E-state index is 5.92. The predicted molar refractivity (Wildman–Crippen MR) is 68.4 cm³/mol. The number of aryl methyl sites for hydroxylation is 1. The van der Waals surface area contributed by atoms with Crippen LogP contribution in [0.4, 0.5) is 0 Å². The minimum atomic E-state index is 0.311. The van der Waals surface area contributed by atoms with Crippen LogP contribution in [0.1, 0.15) is 12.1 Å². The molecule has 1 unspecified atom stereocenters. The van der Waals surface area contributed by atoms with Gasteiger partial charge in [0.25, 0.3) is 0 Å². The van der Waals surface area contributed by atoms with Gasteiger partial charge in [0.05, 0.1) is 5.52 Å². The number of nitrogens with zero attached hydrogens (tertiary/aromatic N) is 1. The SMILES string of the molecule is Cc1ccc2cc(OC3CCNC3)ccc2n1. The minimum absolute atomic E-state index is 0.311. The lowest BCUT2D eigenvalue weighted by molar-refractivity contribution is 0.223. The average Bonchev–Trinajstić information content (AvgIpc) is 2.82. The van der Waals surface area contributed by atoms with Crippen molar-refractivity contribution in [2.24, 2.45) is 0 Å². The van der Waals surface area contributed by atoms with Gasteiger partial charge in [-0.3, -0.25) is 4.98 Å². The van der Waals surface area contributed by atoms with Crippen molar-refractivity contribution in [3.8, 4) is 5.75 Å². The monoisotopic (exact) mass is 228 g/mol. The molecular formula is C14H16N2O. The molecule has 3 heteroatoms. The fourth-order valence-electron chi connectivity index (χ4n) is 2.20. The molecule has 1 aliphatic rings. The van der Waals surface area contributed by atoms with Gasteiger partial charge in [-0.05, 0) is 44.2 Å². The number of nitrogens with one attached hydrogen (secondary N) is 1. The van der Waals surface area contributed by atoms with Gasteiger partial charge in [0.2, 0.25) is 0 Å². The number of benzene rings is 1. The molecule has 1 aliphatic heterocycles. The number of hydrogen-bond acceptors (Lipinski definition) is 3. The highest BCUT2D eigenvalue weighted by Gasteiger charge is 2.15. The van der Waals surface area contributed by atoms with Crippen LogP contribution in [0.5, 0.6) is 5.75 Å². The summed E-state index contributed by atoms with van der Waals surface area (Å²) in [5, 5.41) is 4.44. The molecule has 0 bridgehead atoms. The largest absolute Gasteiger partial charge is 0.489 e. The quantitative estimate of drug-likeness (QED) is 0.856. The first-order chi connectivity index (χ1) is 8.31. The van der Waals surface area contributed by atoms with E-state index in [9.17, 15) is 0 Å².